The molecule has 2 aromatic heterocycles. The number of nitrogens with zero attached hydrogens (tertiary/aromatic N) is 3. The molecule has 2 N–H and O–H groups in total. The van der Waals surface area contributed by atoms with Crippen LogP contribution in [0, 0.1) is 6.92 Å². The van der Waals surface area contributed by atoms with Crippen LogP contribution >= 0.6 is 34.5 Å². The number of hydrogen-bond donors (Lipinski definition) is 2. The Morgan fingerprint density at radius 3 is 2.73 bits per heavy atom. The van der Waals surface area contributed by atoms with E-state index in [1.807, 2.05) is 24.4 Å². The fourth-order valence-electron chi connectivity index (χ4n) is 2.73. The normalized spacial score (nSPS) is 16.8. The van der Waals surface area contributed by atoms with Crippen molar-refractivity contribution < 1.29 is 4.84 Å². The molecular weight excluding hydrogens is 393 g/mol. The summed E-state index contributed by atoms with van der Waals surface area (Å²) >= 11 is 14.4. The predicted molar refractivity (Wildman–Crippen MR) is 104 cm³/mol. The van der Waals surface area contributed by atoms with Crippen molar-refractivity contribution in [3.63, 3.8) is 0 Å². The van der Waals surface area contributed by atoms with Crippen molar-refractivity contribution in [3.05, 3.63) is 62.7 Å². The summed E-state index contributed by atoms with van der Waals surface area (Å²) < 4.78 is 0. The molecule has 1 atom stereocenters. The Balaban J connectivity index is 1.77. The smallest absolute Gasteiger partial charge is 0.228 e. The Bertz CT molecular complexity index is 944. The van der Waals surface area contributed by atoms with Crippen LogP contribution in [0.4, 0.5) is 10.9 Å². The molecule has 0 bridgehead atoms. The molecule has 3 heterocycles. The summed E-state index contributed by atoms with van der Waals surface area (Å²) in [7, 11) is 1.75. The molecule has 134 valence electrons. The largest absolute Gasteiger partial charge is 0.388 e. The average Bonchev–Trinajstić information content (AvgIpc) is 3.00. The number of anilines is 2. The Kier molecular flexibility index (Phi) is 4.73. The molecule has 9 heteroatoms. The molecule has 0 saturated carbocycles. The fraction of sp³-hybridized carbons (Fsp3) is 0.176. The van der Waals surface area contributed by atoms with Crippen molar-refractivity contribution in [1.29, 1.82) is 0 Å². The molecular formula is C17H15Cl2N5OS. The van der Waals surface area contributed by atoms with Gasteiger partial charge in [0.05, 0.1) is 17.2 Å². The highest BCUT2D eigenvalue weighted by Crippen LogP contribution is 2.39. The second kappa shape index (κ2) is 7.02. The van der Waals surface area contributed by atoms with Crippen molar-refractivity contribution in [2.24, 2.45) is 0 Å². The van der Waals surface area contributed by atoms with Crippen LogP contribution in [-0.4, -0.2) is 22.2 Å². The molecule has 1 unspecified atom stereocenters. The van der Waals surface area contributed by atoms with E-state index in [1.54, 1.807) is 36.7 Å². The summed E-state index contributed by atoms with van der Waals surface area (Å²) in [5.41, 5.74) is 5.73. The lowest BCUT2D eigenvalue weighted by molar-refractivity contribution is -0.104. The third-order valence-electron chi connectivity index (χ3n) is 3.98. The number of aryl methyl sites for hydroxylation is 1. The van der Waals surface area contributed by atoms with E-state index in [1.165, 1.54) is 5.17 Å². The second-order valence-corrected chi connectivity index (χ2v) is 7.52. The summed E-state index contributed by atoms with van der Waals surface area (Å²) in [5, 5.41) is 8.86. The lowest BCUT2D eigenvalue weighted by atomic mass is 10.0. The summed E-state index contributed by atoms with van der Waals surface area (Å²) in [6.07, 6.45) is 1.64. The van der Waals surface area contributed by atoms with Gasteiger partial charge in [0.1, 0.15) is 5.69 Å². The molecule has 1 aliphatic heterocycles. The van der Waals surface area contributed by atoms with Crippen LogP contribution in [0.1, 0.15) is 22.9 Å². The molecule has 0 aliphatic carbocycles. The number of hydrazine groups is 1. The first-order valence-electron chi connectivity index (χ1n) is 7.83. The first-order chi connectivity index (χ1) is 12.5. The van der Waals surface area contributed by atoms with Crippen molar-refractivity contribution in [2.45, 2.75) is 13.0 Å². The van der Waals surface area contributed by atoms with Crippen molar-refractivity contribution >= 4 is 45.5 Å². The van der Waals surface area contributed by atoms with E-state index >= 15 is 0 Å². The second-order valence-electron chi connectivity index (χ2n) is 5.79. The topological polar surface area (TPSA) is 62.3 Å². The number of hydroxylamine groups is 1. The predicted octanol–water partition coefficient (Wildman–Crippen LogP) is 4.73. The van der Waals surface area contributed by atoms with Gasteiger partial charge in [-0.05, 0) is 36.1 Å². The zero-order chi connectivity index (χ0) is 18.3. The molecule has 0 amide bonds. The van der Waals surface area contributed by atoms with Gasteiger partial charge in [-0.15, -0.1) is 11.3 Å². The van der Waals surface area contributed by atoms with Gasteiger partial charge in [-0.25, -0.2) is 15.4 Å². The fourth-order valence-corrected chi connectivity index (χ4v) is 4.16. The average molecular weight is 408 g/mol. The zero-order valence-electron chi connectivity index (χ0n) is 14.0. The van der Waals surface area contributed by atoms with E-state index < -0.39 is 0 Å². The first kappa shape index (κ1) is 17.5. The van der Waals surface area contributed by atoms with Crippen LogP contribution in [0.25, 0.3) is 0 Å². The quantitative estimate of drug-likeness (QED) is 0.654. The summed E-state index contributed by atoms with van der Waals surface area (Å²) in [4.78, 5) is 14.7. The summed E-state index contributed by atoms with van der Waals surface area (Å²) in [6, 6.07) is 7.09. The van der Waals surface area contributed by atoms with Gasteiger partial charge in [0.25, 0.3) is 0 Å². The molecule has 26 heavy (non-hydrogen) atoms. The van der Waals surface area contributed by atoms with Crippen LogP contribution in [0.15, 0.2) is 35.8 Å². The Morgan fingerprint density at radius 2 is 2.04 bits per heavy atom. The highest BCUT2D eigenvalue weighted by molar-refractivity contribution is 7.14. The minimum atomic E-state index is -0.363. The van der Waals surface area contributed by atoms with E-state index in [0.29, 0.717) is 27.4 Å². The molecule has 6 nitrogen and oxygen atoms in total. The van der Waals surface area contributed by atoms with Crippen LogP contribution < -0.4 is 15.6 Å². The Labute approximate surface area is 164 Å². The van der Waals surface area contributed by atoms with Crippen molar-refractivity contribution in [2.75, 3.05) is 12.4 Å². The SMILES string of the molecule is Cc1ccsc1Nc1ncc2c(n1)C(c1c(Cl)cccc1Cl)NN(C)O2. The molecule has 0 saturated heterocycles. The van der Waals surface area contributed by atoms with E-state index in [2.05, 4.69) is 20.7 Å². The van der Waals surface area contributed by atoms with Gasteiger partial charge in [0.2, 0.25) is 5.95 Å². The number of nitrogens with one attached hydrogen (secondary N) is 2. The number of hydrogen-bond acceptors (Lipinski definition) is 7. The van der Waals surface area contributed by atoms with Crippen LogP contribution in [-0.2, 0) is 0 Å². The van der Waals surface area contributed by atoms with E-state index in [0.717, 1.165) is 16.1 Å². The summed E-state index contributed by atoms with van der Waals surface area (Å²) in [6.45, 7) is 2.03. The van der Waals surface area contributed by atoms with E-state index in [4.69, 9.17) is 28.0 Å². The Morgan fingerprint density at radius 1 is 1.27 bits per heavy atom. The maximum Gasteiger partial charge on any atom is 0.228 e. The van der Waals surface area contributed by atoms with Crippen molar-refractivity contribution in [1.82, 2.24) is 20.6 Å². The molecule has 0 spiro atoms. The maximum atomic E-state index is 6.41. The highest BCUT2D eigenvalue weighted by Gasteiger charge is 2.31. The lowest BCUT2D eigenvalue weighted by Gasteiger charge is -2.32. The monoisotopic (exact) mass is 407 g/mol. The van der Waals surface area contributed by atoms with Gasteiger partial charge in [0, 0.05) is 22.7 Å². The van der Waals surface area contributed by atoms with Gasteiger partial charge < -0.3 is 10.2 Å². The molecule has 0 radical (unpaired) electrons. The first-order valence-corrected chi connectivity index (χ1v) is 9.46. The molecule has 1 aliphatic rings. The van der Waals surface area contributed by atoms with Crippen LogP contribution in [0.3, 0.4) is 0 Å². The van der Waals surface area contributed by atoms with E-state index in [-0.39, 0.29) is 6.04 Å². The van der Waals surface area contributed by atoms with Crippen LogP contribution in [0.5, 0.6) is 5.75 Å². The number of thiophene rings is 1. The molecule has 1 aromatic carbocycles. The zero-order valence-corrected chi connectivity index (χ0v) is 16.3. The minimum absolute atomic E-state index is 0.363. The summed E-state index contributed by atoms with van der Waals surface area (Å²) in [5.74, 6) is 1.03. The van der Waals surface area contributed by atoms with Crippen LogP contribution in [0.2, 0.25) is 10.0 Å². The number of halogens is 2. The number of benzene rings is 1. The standard InChI is InChI=1S/C17H15Cl2N5OS/c1-9-6-7-26-16(9)22-17-20-8-12-14(21-17)15(23-24(2)25-12)13-10(18)4-3-5-11(13)19/h3-8,15,23H,1-2H3,(H,20,21,22). The van der Waals surface area contributed by atoms with E-state index in [9.17, 15) is 0 Å². The Hall–Kier alpha value is -1.90. The molecule has 3 aromatic rings. The van der Waals surface area contributed by atoms with Gasteiger partial charge >= 0.3 is 0 Å². The minimum Gasteiger partial charge on any atom is -0.388 e. The lowest BCUT2D eigenvalue weighted by Crippen LogP contribution is -2.45. The number of fused-ring (bicyclic) bond motifs is 1. The third kappa shape index (κ3) is 3.24. The number of rotatable bonds is 3. The van der Waals surface area contributed by atoms with Gasteiger partial charge in [-0.2, -0.15) is 0 Å². The van der Waals surface area contributed by atoms with Gasteiger partial charge in [-0.3, -0.25) is 0 Å². The van der Waals surface area contributed by atoms with Gasteiger partial charge in [-0.1, -0.05) is 34.4 Å². The maximum absolute atomic E-state index is 6.41. The third-order valence-corrected chi connectivity index (χ3v) is 5.57. The van der Waals surface area contributed by atoms with Gasteiger partial charge in [0.15, 0.2) is 5.75 Å². The highest BCUT2D eigenvalue weighted by atomic mass is 35.5. The number of aromatic nitrogens is 2. The molecule has 0 fully saturated rings. The van der Waals surface area contributed by atoms with Crippen molar-refractivity contribution in [3.8, 4) is 5.75 Å². The molecule has 4 rings (SSSR count).